The van der Waals surface area contributed by atoms with Crippen molar-refractivity contribution in [3.05, 3.63) is 35.4 Å². The average Bonchev–Trinajstić information content (AvgIpc) is 2.16. The van der Waals surface area contributed by atoms with Gasteiger partial charge in [0.05, 0.1) is 5.56 Å². The summed E-state index contributed by atoms with van der Waals surface area (Å²) in [5, 5.41) is 0.0490. The predicted octanol–water partition coefficient (Wildman–Crippen LogP) is 4.16. The molecule has 0 heterocycles. The van der Waals surface area contributed by atoms with Gasteiger partial charge in [0.2, 0.25) is 0 Å². The number of carbonyl (C=O) groups is 1. The highest BCUT2D eigenvalue weighted by molar-refractivity contribution is 6.75. The van der Waals surface area contributed by atoms with E-state index < -0.39 is 8.32 Å². The minimum atomic E-state index is -2.01. The third-order valence-electron chi connectivity index (χ3n) is 3.44. The Kier molecular flexibility index (Phi) is 3.82. The fourth-order valence-corrected chi connectivity index (χ4v) is 2.02. The van der Waals surface area contributed by atoms with Gasteiger partial charge in [-0.2, -0.15) is 0 Å². The summed E-state index contributed by atoms with van der Waals surface area (Å²) in [5.74, 6) is -0.198. The van der Waals surface area contributed by atoms with E-state index >= 15 is 0 Å². The van der Waals surface area contributed by atoms with E-state index in [2.05, 4.69) is 33.9 Å². The molecule has 0 amide bonds. The second kappa shape index (κ2) is 4.65. The van der Waals surface area contributed by atoms with E-state index in [1.54, 1.807) is 0 Å². The Morgan fingerprint density at radius 1 is 1.12 bits per heavy atom. The zero-order chi connectivity index (χ0) is 13.3. The zero-order valence-corrected chi connectivity index (χ0v) is 12.6. The Hall–Kier alpha value is -1.09. The van der Waals surface area contributed by atoms with Gasteiger partial charge in [0.1, 0.15) is 0 Å². The lowest BCUT2D eigenvalue weighted by atomic mass is 10.2. The van der Waals surface area contributed by atoms with Gasteiger partial charge in [-0.05, 0) is 37.2 Å². The molecule has 94 valence electrons. The quantitative estimate of drug-likeness (QED) is 0.737. The largest absolute Gasteiger partial charge is 0.516 e. The molecule has 0 saturated carbocycles. The van der Waals surface area contributed by atoms with Gasteiger partial charge in [-0.3, -0.25) is 0 Å². The second-order valence-electron chi connectivity index (χ2n) is 6.02. The molecule has 0 aromatic heterocycles. The van der Waals surface area contributed by atoms with E-state index in [9.17, 15) is 4.79 Å². The van der Waals surface area contributed by atoms with Crippen molar-refractivity contribution in [3.63, 3.8) is 0 Å². The molecule has 3 heteroatoms. The van der Waals surface area contributed by atoms with Crippen LogP contribution < -0.4 is 0 Å². The first kappa shape index (κ1) is 14.0. The number of hydrogen-bond donors (Lipinski definition) is 0. The van der Waals surface area contributed by atoms with E-state index in [1.807, 2.05) is 31.2 Å². The third-order valence-corrected chi connectivity index (χ3v) is 7.75. The molecule has 17 heavy (non-hydrogen) atoms. The van der Waals surface area contributed by atoms with E-state index in [0.717, 1.165) is 5.56 Å². The maximum atomic E-state index is 12.0. The van der Waals surface area contributed by atoms with Gasteiger partial charge >= 0.3 is 5.97 Å². The van der Waals surface area contributed by atoms with Crippen LogP contribution >= 0.6 is 0 Å². The maximum Gasteiger partial charge on any atom is 0.324 e. The Morgan fingerprint density at radius 2 is 1.59 bits per heavy atom. The molecule has 0 aliphatic heterocycles. The van der Waals surface area contributed by atoms with Crippen LogP contribution in [0.15, 0.2) is 24.3 Å². The fourth-order valence-electron chi connectivity index (χ4n) is 1.13. The Bertz CT molecular complexity index is 399. The van der Waals surface area contributed by atoms with Crippen molar-refractivity contribution in [2.75, 3.05) is 0 Å². The summed E-state index contributed by atoms with van der Waals surface area (Å²) in [7, 11) is -2.01. The van der Waals surface area contributed by atoms with E-state index in [-0.39, 0.29) is 11.0 Å². The van der Waals surface area contributed by atoms with E-state index in [0.29, 0.717) is 5.56 Å². The Balaban J connectivity index is 2.83. The summed E-state index contributed by atoms with van der Waals surface area (Å²) in [5.41, 5.74) is 1.79. The lowest BCUT2D eigenvalue weighted by Crippen LogP contribution is -2.42. The molecule has 1 rings (SSSR count). The first-order chi connectivity index (χ1) is 7.63. The first-order valence-electron chi connectivity index (χ1n) is 5.93. The summed E-state index contributed by atoms with van der Waals surface area (Å²) in [6, 6.07) is 7.51. The van der Waals surface area contributed by atoms with Gasteiger partial charge in [0.15, 0.2) is 0 Å². The van der Waals surface area contributed by atoms with Crippen LogP contribution in [0, 0.1) is 6.92 Å². The molecule has 0 N–H and O–H groups in total. The molecule has 0 spiro atoms. The molecule has 0 fully saturated rings. The van der Waals surface area contributed by atoms with Gasteiger partial charge in [-0.25, -0.2) is 4.79 Å². The van der Waals surface area contributed by atoms with E-state index in [4.69, 9.17) is 4.43 Å². The van der Waals surface area contributed by atoms with Crippen molar-refractivity contribution in [2.24, 2.45) is 0 Å². The number of aryl methyl sites for hydroxylation is 1. The third kappa shape index (κ3) is 3.43. The Labute approximate surface area is 105 Å². The SMILES string of the molecule is Cc1ccc(C(=O)O[Si](C)(C)C(C)(C)C)cc1. The monoisotopic (exact) mass is 250 g/mol. The van der Waals surface area contributed by atoms with Crippen molar-refractivity contribution in [3.8, 4) is 0 Å². The average molecular weight is 250 g/mol. The van der Waals surface area contributed by atoms with Crippen molar-refractivity contribution in [2.45, 2.75) is 45.8 Å². The molecule has 0 unspecified atom stereocenters. The molecule has 2 nitrogen and oxygen atoms in total. The summed E-state index contributed by atoms with van der Waals surface area (Å²) in [4.78, 5) is 12.0. The minimum absolute atomic E-state index is 0.0490. The maximum absolute atomic E-state index is 12.0. The molecular weight excluding hydrogens is 228 g/mol. The van der Waals surface area contributed by atoms with Gasteiger partial charge in [0, 0.05) is 0 Å². The number of carbonyl (C=O) groups excluding carboxylic acids is 1. The smallest absolute Gasteiger partial charge is 0.324 e. The van der Waals surface area contributed by atoms with Crippen LogP contribution in [0.25, 0.3) is 0 Å². The number of hydrogen-bond acceptors (Lipinski definition) is 2. The summed E-state index contributed by atoms with van der Waals surface area (Å²) >= 11 is 0. The van der Waals surface area contributed by atoms with Crippen LogP contribution in [-0.4, -0.2) is 14.3 Å². The topological polar surface area (TPSA) is 26.3 Å². The van der Waals surface area contributed by atoms with Crippen molar-refractivity contribution < 1.29 is 9.22 Å². The van der Waals surface area contributed by atoms with Gasteiger partial charge in [-0.1, -0.05) is 38.5 Å². The molecule has 0 atom stereocenters. The normalized spacial score (nSPS) is 12.4. The molecule has 0 bridgehead atoms. The van der Waals surface area contributed by atoms with Crippen LogP contribution in [0.3, 0.4) is 0 Å². The van der Waals surface area contributed by atoms with Gasteiger partial charge < -0.3 is 4.43 Å². The van der Waals surface area contributed by atoms with Crippen molar-refractivity contribution in [1.82, 2.24) is 0 Å². The van der Waals surface area contributed by atoms with Crippen LogP contribution in [0.4, 0.5) is 0 Å². The fraction of sp³-hybridized carbons (Fsp3) is 0.500. The van der Waals surface area contributed by atoms with Crippen LogP contribution in [0.5, 0.6) is 0 Å². The summed E-state index contributed by atoms with van der Waals surface area (Å²) in [6.45, 7) is 12.5. The summed E-state index contributed by atoms with van der Waals surface area (Å²) < 4.78 is 5.73. The molecule has 0 aliphatic carbocycles. The highest BCUT2D eigenvalue weighted by atomic mass is 28.4. The zero-order valence-electron chi connectivity index (χ0n) is 11.6. The number of benzene rings is 1. The van der Waals surface area contributed by atoms with Crippen molar-refractivity contribution in [1.29, 1.82) is 0 Å². The Morgan fingerprint density at radius 3 is 2.00 bits per heavy atom. The molecule has 0 aliphatic rings. The molecular formula is C14H22O2Si. The number of rotatable bonds is 2. The lowest BCUT2D eigenvalue weighted by Gasteiger charge is -2.35. The summed E-state index contributed by atoms with van der Waals surface area (Å²) in [6.07, 6.45) is 0. The molecule has 0 radical (unpaired) electrons. The minimum Gasteiger partial charge on any atom is -0.516 e. The molecule has 1 aromatic rings. The standard InChI is InChI=1S/C14H22O2Si/c1-11-7-9-12(10-8-11)13(15)16-17(5,6)14(2,3)4/h7-10H,1-6H3. The predicted molar refractivity (Wildman–Crippen MR) is 73.8 cm³/mol. The first-order valence-corrected chi connectivity index (χ1v) is 8.84. The second-order valence-corrected chi connectivity index (χ2v) is 10.7. The van der Waals surface area contributed by atoms with Gasteiger partial charge in [0.25, 0.3) is 8.32 Å². The van der Waals surface area contributed by atoms with Crippen LogP contribution in [0.2, 0.25) is 18.1 Å². The van der Waals surface area contributed by atoms with E-state index in [1.165, 1.54) is 0 Å². The molecule has 0 saturated heterocycles. The lowest BCUT2D eigenvalue weighted by molar-refractivity contribution is 0.0712. The van der Waals surface area contributed by atoms with Crippen molar-refractivity contribution >= 4 is 14.3 Å². The van der Waals surface area contributed by atoms with Crippen LogP contribution in [-0.2, 0) is 4.43 Å². The van der Waals surface area contributed by atoms with Gasteiger partial charge in [-0.15, -0.1) is 0 Å². The molecule has 1 aromatic carbocycles. The highest BCUT2D eigenvalue weighted by Crippen LogP contribution is 2.37. The van der Waals surface area contributed by atoms with Crippen LogP contribution in [0.1, 0.15) is 36.7 Å². The highest BCUT2D eigenvalue weighted by Gasteiger charge is 2.40.